The molecule has 5 heteroatoms. The maximum Gasteiger partial charge on any atom is 0.127 e. The van der Waals surface area contributed by atoms with E-state index in [2.05, 4.69) is 47.2 Å². The molecule has 0 bridgehead atoms. The second-order valence-electron chi connectivity index (χ2n) is 4.74. The van der Waals surface area contributed by atoms with Gasteiger partial charge in [0, 0.05) is 5.39 Å². The summed E-state index contributed by atoms with van der Waals surface area (Å²) in [5, 5.41) is 13.2. The Balaban J connectivity index is 1.80. The van der Waals surface area contributed by atoms with Crippen LogP contribution in [0.3, 0.4) is 0 Å². The topological polar surface area (TPSA) is 49.6 Å². The standard InChI is InChI=1S/C16H13N3S2/c1-11-2-4-12(5-3-11)8-13(9-17)21-16-14-6-7-20-15(14)18-10-19-16/h2-7,10,13H,8H2,1H3. The van der Waals surface area contributed by atoms with E-state index >= 15 is 0 Å². The van der Waals surface area contributed by atoms with Gasteiger partial charge >= 0.3 is 0 Å². The van der Waals surface area contributed by atoms with Gasteiger partial charge in [0.15, 0.2) is 0 Å². The first kappa shape index (κ1) is 14.1. The molecule has 0 N–H and O–H groups in total. The molecule has 3 rings (SSSR count). The molecule has 1 atom stereocenters. The van der Waals surface area contributed by atoms with Crippen LogP contribution in [0.15, 0.2) is 47.1 Å². The number of benzene rings is 1. The summed E-state index contributed by atoms with van der Waals surface area (Å²) >= 11 is 3.11. The van der Waals surface area contributed by atoms with Gasteiger partial charge in [-0.3, -0.25) is 0 Å². The van der Waals surface area contributed by atoms with Gasteiger partial charge in [0.25, 0.3) is 0 Å². The third-order valence-electron chi connectivity index (χ3n) is 3.16. The van der Waals surface area contributed by atoms with Crippen molar-refractivity contribution in [2.24, 2.45) is 0 Å². The van der Waals surface area contributed by atoms with Crippen LogP contribution in [0, 0.1) is 18.3 Å². The summed E-state index contributed by atoms with van der Waals surface area (Å²) < 4.78 is 0. The van der Waals surface area contributed by atoms with E-state index in [0.29, 0.717) is 0 Å². The van der Waals surface area contributed by atoms with Crippen molar-refractivity contribution in [2.45, 2.75) is 23.6 Å². The number of nitriles is 1. The summed E-state index contributed by atoms with van der Waals surface area (Å²) in [6.45, 7) is 2.06. The van der Waals surface area contributed by atoms with Crippen LogP contribution in [-0.4, -0.2) is 15.2 Å². The van der Waals surface area contributed by atoms with Crippen molar-refractivity contribution in [3.63, 3.8) is 0 Å². The zero-order valence-corrected chi connectivity index (χ0v) is 13.1. The number of aromatic nitrogens is 2. The van der Waals surface area contributed by atoms with Crippen LogP contribution in [0.5, 0.6) is 0 Å². The van der Waals surface area contributed by atoms with Crippen LogP contribution in [0.1, 0.15) is 11.1 Å². The van der Waals surface area contributed by atoms with E-state index in [-0.39, 0.29) is 5.25 Å². The SMILES string of the molecule is Cc1ccc(CC(C#N)Sc2ncnc3sccc23)cc1. The Morgan fingerprint density at radius 1 is 1.24 bits per heavy atom. The third kappa shape index (κ3) is 3.23. The summed E-state index contributed by atoms with van der Waals surface area (Å²) in [5.41, 5.74) is 2.41. The maximum absolute atomic E-state index is 9.41. The smallest absolute Gasteiger partial charge is 0.127 e. The summed E-state index contributed by atoms with van der Waals surface area (Å²) in [7, 11) is 0. The quantitative estimate of drug-likeness (QED) is 0.534. The molecule has 1 unspecified atom stereocenters. The van der Waals surface area contributed by atoms with Crippen molar-refractivity contribution in [2.75, 3.05) is 0 Å². The number of hydrogen-bond donors (Lipinski definition) is 0. The van der Waals surface area contributed by atoms with Gasteiger partial charge < -0.3 is 0 Å². The fourth-order valence-corrected chi connectivity index (χ4v) is 3.84. The monoisotopic (exact) mass is 311 g/mol. The average Bonchev–Trinajstić information content (AvgIpc) is 2.98. The van der Waals surface area contributed by atoms with Crippen molar-refractivity contribution in [1.29, 1.82) is 5.26 Å². The average molecular weight is 311 g/mol. The molecule has 3 nitrogen and oxygen atoms in total. The third-order valence-corrected chi connectivity index (χ3v) is 5.09. The van der Waals surface area contributed by atoms with Gasteiger partial charge in [0.2, 0.25) is 0 Å². The number of aryl methyl sites for hydroxylation is 1. The molecule has 104 valence electrons. The highest BCUT2D eigenvalue weighted by Crippen LogP contribution is 2.31. The lowest BCUT2D eigenvalue weighted by molar-refractivity contribution is 1.01. The number of nitrogens with zero attached hydrogens (tertiary/aromatic N) is 3. The molecule has 3 aromatic rings. The molecule has 0 saturated heterocycles. The number of fused-ring (bicyclic) bond motifs is 1. The van der Waals surface area contributed by atoms with Gasteiger partial charge in [-0.2, -0.15) is 5.26 Å². The highest BCUT2D eigenvalue weighted by atomic mass is 32.2. The van der Waals surface area contributed by atoms with Crippen molar-refractivity contribution in [3.8, 4) is 6.07 Å². The number of hydrogen-bond acceptors (Lipinski definition) is 5. The van der Waals surface area contributed by atoms with Crippen molar-refractivity contribution in [1.82, 2.24) is 9.97 Å². The van der Waals surface area contributed by atoms with E-state index < -0.39 is 0 Å². The first-order chi connectivity index (χ1) is 10.3. The summed E-state index contributed by atoms with van der Waals surface area (Å²) in [6, 6.07) is 12.7. The second-order valence-corrected chi connectivity index (χ2v) is 6.83. The molecule has 21 heavy (non-hydrogen) atoms. The van der Waals surface area contributed by atoms with Crippen molar-refractivity contribution in [3.05, 3.63) is 53.2 Å². The predicted molar refractivity (Wildman–Crippen MR) is 87.6 cm³/mol. The Bertz CT molecular complexity index is 787. The lowest BCUT2D eigenvalue weighted by atomic mass is 10.1. The summed E-state index contributed by atoms with van der Waals surface area (Å²) in [6.07, 6.45) is 2.29. The van der Waals surface area contributed by atoms with Crippen molar-refractivity contribution >= 4 is 33.3 Å². The Morgan fingerprint density at radius 2 is 2.05 bits per heavy atom. The predicted octanol–water partition coefficient (Wildman–Crippen LogP) is 4.23. The van der Waals surface area contributed by atoms with E-state index in [9.17, 15) is 5.26 Å². The molecule has 2 heterocycles. The van der Waals surface area contributed by atoms with Crippen LogP contribution in [-0.2, 0) is 6.42 Å². The molecule has 1 aromatic carbocycles. The Kier molecular flexibility index (Phi) is 4.18. The highest BCUT2D eigenvalue weighted by Gasteiger charge is 2.14. The van der Waals surface area contributed by atoms with Crippen LogP contribution >= 0.6 is 23.1 Å². The Labute approximate surface area is 131 Å². The lowest BCUT2D eigenvalue weighted by Gasteiger charge is -2.09. The van der Waals surface area contributed by atoms with Crippen molar-refractivity contribution < 1.29 is 0 Å². The molecule has 0 saturated carbocycles. The zero-order chi connectivity index (χ0) is 14.7. The molecule has 0 aliphatic rings. The Hall–Kier alpha value is -1.90. The minimum absolute atomic E-state index is 0.147. The van der Waals surface area contributed by atoms with Crippen LogP contribution in [0.2, 0.25) is 0 Å². The molecule has 2 aromatic heterocycles. The zero-order valence-electron chi connectivity index (χ0n) is 11.5. The minimum Gasteiger partial charge on any atom is -0.229 e. The summed E-state index contributed by atoms with van der Waals surface area (Å²) in [5.74, 6) is 0. The number of thioether (sulfide) groups is 1. The summed E-state index contributed by atoms with van der Waals surface area (Å²) in [4.78, 5) is 9.54. The van der Waals surface area contributed by atoms with Gasteiger partial charge in [0.05, 0.1) is 6.07 Å². The second kappa shape index (κ2) is 6.25. The molecular weight excluding hydrogens is 298 g/mol. The molecule has 0 spiro atoms. The van der Waals surface area contributed by atoms with Crippen LogP contribution in [0.4, 0.5) is 0 Å². The normalized spacial score (nSPS) is 12.2. The van der Waals surface area contributed by atoms with E-state index in [1.807, 2.05) is 11.4 Å². The number of rotatable bonds is 4. The maximum atomic E-state index is 9.41. The fourth-order valence-electron chi connectivity index (χ4n) is 2.05. The molecule has 0 aliphatic carbocycles. The van der Waals surface area contributed by atoms with Crippen LogP contribution < -0.4 is 0 Å². The van der Waals surface area contributed by atoms with E-state index in [0.717, 1.165) is 21.7 Å². The van der Waals surface area contributed by atoms with E-state index in [1.54, 1.807) is 17.7 Å². The minimum atomic E-state index is -0.147. The molecule has 0 fully saturated rings. The first-order valence-electron chi connectivity index (χ1n) is 6.56. The van der Waals surface area contributed by atoms with Gasteiger partial charge in [-0.15, -0.1) is 11.3 Å². The number of thiophene rings is 1. The highest BCUT2D eigenvalue weighted by molar-refractivity contribution is 8.00. The molecule has 0 aliphatic heterocycles. The van der Waals surface area contributed by atoms with Gasteiger partial charge in [-0.1, -0.05) is 41.6 Å². The Morgan fingerprint density at radius 3 is 2.81 bits per heavy atom. The van der Waals surface area contributed by atoms with Gasteiger partial charge in [0.1, 0.15) is 21.4 Å². The van der Waals surface area contributed by atoms with Gasteiger partial charge in [-0.25, -0.2) is 9.97 Å². The van der Waals surface area contributed by atoms with Crippen LogP contribution in [0.25, 0.3) is 10.2 Å². The lowest BCUT2D eigenvalue weighted by Crippen LogP contribution is -2.04. The largest absolute Gasteiger partial charge is 0.229 e. The van der Waals surface area contributed by atoms with Gasteiger partial charge in [-0.05, 0) is 30.4 Å². The van der Waals surface area contributed by atoms with E-state index in [1.165, 1.54) is 22.9 Å². The first-order valence-corrected chi connectivity index (χ1v) is 8.32. The fraction of sp³-hybridized carbons (Fsp3) is 0.188. The van der Waals surface area contributed by atoms with E-state index in [4.69, 9.17) is 0 Å². The molecular formula is C16H13N3S2. The molecule has 0 amide bonds. The molecule has 0 radical (unpaired) electrons.